The Balaban J connectivity index is 1.93. The molecule has 0 N–H and O–H groups in total. The van der Waals surface area contributed by atoms with Crippen LogP contribution >= 0.6 is 31.9 Å². The van der Waals surface area contributed by atoms with Gasteiger partial charge < -0.3 is 4.74 Å². The van der Waals surface area contributed by atoms with Gasteiger partial charge in [0.15, 0.2) is 0 Å². The Kier molecular flexibility index (Phi) is 5.36. The third kappa shape index (κ3) is 3.99. The molecule has 1 aromatic rings. The largest absolute Gasteiger partial charge is 0.493 e. The highest BCUT2D eigenvalue weighted by Gasteiger charge is 2.14. The van der Waals surface area contributed by atoms with Crippen molar-refractivity contribution in [3.63, 3.8) is 0 Å². The summed E-state index contributed by atoms with van der Waals surface area (Å²) in [7, 11) is 0. The van der Waals surface area contributed by atoms with Gasteiger partial charge in [-0.1, -0.05) is 51.1 Å². The molecule has 94 valence electrons. The van der Waals surface area contributed by atoms with Crippen molar-refractivity contribution in [2.75, 3.05) is 6.61 Å². The van der Waals surface area contributed by atoms with Crippen LogP contribution in [-0.4, -0.2) is 6.61 Å². The van der Waals surface area contributed by atoms with Crippen molar-refractivity contribution in [3.8, 4) is 5.75 Å². The maximum Gasteiger partial charge on any atom is 0.123 e. The van der Waals surface area contributed by atoms with E-state index >= 15 is 0 Å². The summed E-state index contributed by atoms with van der Waals surface area (Å²) in [6, 6.07) is 6.22. The Labute approximate surface area is 120 Å². The standard InChI is InChI=1S/C14H18Br2O/c15-9-12-8-13(16)6-7-14(12)17-10-11-4-2-1-3-5-11/h6-8,11H,1-5,9-10H2. The zero-order valence-electron chi connectivity index (χ0n) is 9.92. The van der Waals surface area contributed by atoms with Crippen LogP contribution in [-0.2, 0) is 5.33 Å². The first kappa shape index (κ1) is 13.4. The van der Waals surface area contributed by atoms with E-state index < -0.39 is 0 Å². The molecule has 0 heterocycles. The van der Waals surface area contributed by atoms with Gasteiger partial charge >= 0.3 is 0 Å². The summed E-state index contributed by atoms with van der Waals surface area (Å²) in [5.74, 6) is 1.78. The van der Waals surface area contributed by atoms with Gasteiger partial charge in [-0.3, -0.25) is 0 Å². The van der Waals surface area contributed by atoms with Gasteiger partial charge in [0.1, 0.15) is 5.75 Å². The van der Waals surface area contributed by atoms with Crippen LogP contribution < -0.4 is 4.74 Å². The van der Waals surface area contributed by atoms with Crippen LogP contribution in [0.2, 0.25) is 0 Å². The molecule has 1 nitrogen and oxygen atoms in total. The fraction of sp³-hybridized carbons (Fsp3) is 0.571. The van der Waals surface area contributed by atoms with Crippen LogP contribution in [0.15, 0.2) is 22.7 Å². The quantitative estimate of drug-likeness (QED) is 0.661. The molecule has 1 aromatic carbocycles. The lowest BCUT2D eigenvalue weighted by molar-refractivity contribution is 0.208. The first-order chi connectivity index (χ1) is 8.29. The average Bonchev–Trinajstić information content (AvgIpc) is 2.38. The molecule has 0 unspecified atom stereocenters. The van der Waals surface area contributed by atoms with E-state index in [4.69, 9.17) is 4.74 Å². The third-order valence-corrected chi connectivity index (χ3v) is 4.46. The van der Waals surface area contributed by atoms with Crippen molar-refractivity contribution in [1.29, 1.82) is 0 Å². The van der Waals surface area contributed by atoms with E-state index in [1.807, 2.05) is 6.07 Å². The zero-order chi connectivity index (χ0) is 12.1. The fourth-order valence-corrected chi connectivity index (χ4v) is 3.20. The average molecular weight is 362 g/mol. The first-order valence-electron chi connectivity index (χ1n) is 6.27. The molecule has 2 rings (SSSR count). The lowest BCUT2D eigenvalue weighted by atomic mass is 9.90. The predicted molar refractivity (Wildman–Crippen MR) is 78.8 cm³/mol. The first-order valence-corrected chi connectivity index (χ1v) is 8.18. The molecule has 1 aliphatic rings. The van der Waals surface area contributed by atoms with Gasteiger partial charge in [-0.25, -0.2) is 0 Å². The molecule has 3 heteroatoms. The number of alkyl halides is 1. The van der Waals surface area contributed by atoms with E-state index in [2.05, 4.69) is 44.0 Å². The molecular weight excluding hydrogens is 344 g/mol. The van der Waals surface area contributed by atoms with Gasteiger partial charge in [0.05, 0.1) is 6.61 Å². The second kappa shape index (κ2) is 6.79. The highest BCUT2D eigenvalue weighted by molar-refractivity contribution is 9.10. The van der Waals surface area contributed by atoms with Crippen LogP contribution in [0.4, 0.5) is 0 Å². The fourth-order valence-electron chi connectivity index (χ4n) is 2.35. The van der Waals surface area contributed by atoms with Gasteiger partial charge in [0, 0.05) is 15.4 Å². The Bertz CT molecular complexity index is 359. The van der Waals surface area contributed by atoms with Crippen LogP contribution in [0.3, 0.4) is 0 Å². The maximum atomic E-state index is 5.97. The van der Waals surface area contributed by atoms with Crippen molar-refractivity contribution >= 4 is 31.9 Å². The summed E-state index contributed by atoms with van der Waals surface area (Å²) in [6.45, 7) is 0.877. The van der Waals surface area contributed by atoms with Crippen molar-refractivity contribution in [2.24, 2.45) is 5.92 Å². The van der Waals surface area contributed by atoms with E-state index in [-0.39, 0.29) is 0 Å². The third-order valence-electron chi connectivity index (χ3n) is 3.37. The van der Waals surface area contributed by atoms with Crippen molar-refractivity contribution in [1.82, 2.24) is 0 Å². The molecule has 0 radical (unpaired) electrons. The smallest absolute Gasteiger partial charge is 0.123 e. The SMILES string of the molecule is BrCc1cc(Br)ccc1OCC1CCCCC1. The molecule has 0 aromatic heterocycles. The number of hydrogen-bond donors (Lipinski definition) is 0. The molecule has 0 bridgehead atoms. The molecule has 1 fully saturated rings. The molecular formula is C14H18Br2O. The minimum Gasteiger partial charge on any atom is -0.493 e. The highest BCUT2D eigenvalue weighted by atomic mass is 79.9. The molecule has 1 aliphatic carbocycles. The Hall–Kier alpha value is -0.0200. The summed E-state index contributed by atoms with van der Waals surface area (Å²) < 4.78 is 7.08. The van der Waals surface area contributed by atoms with Crippen LogP contribution in [0.5, 0.6) is 5.75 Å². The molecule has 0 aliphatic heterocycles. The topological polar surface area (TPSA) is 9.23 Å². The summed E-state index contributed by atoms with van der Waals surface area (Å²) in [6.07, 6.45) is 6.82. The Morgan fingerprint density at radius 1 is 1.18 bits per heavy atom. The number of benzene rings is 1. The predicted octanol–water partition coefficient (Wildman–Crippen LogP) is 5.30. The van der Waals surface area contributed by atoms with E-state index in [1.54, 1.807) is 0 Å². The second-order valence-electron chi connectivity index (χ2n) is 4.70. The van der Waals surface area contributed by atoms with E-state index in [9.17, 15) is 0 Å². The number of rotatable bonds is 4. The number of halogens is 2. The Morgan fingerprint density at radius 3 is 2.65 bits per heavy atom. The summed E-state index contributed by atoms with van der Waals surface area (Å²) in [5.41, 5.74) is 1.22. The molecule has 0 saturated heterocycles. The monoisotopic (exact) mass is 360 g/mol. The van der Waals surface area contributed by atoms with Crippen LogP contribution in [0, 0.1) is 5.92 Å². The van der Waals surface area contributed by atoms with Gasteiger partial charge in [-0.15, -0.1) is 0 Å². The van der Waals surface area contributed by atoms with Gasteiger partial charge in [0.2, 0.25) is 0 Å². The van der Waals surface area contributed by atoms with Gasteiger partial charge in [0.25, 0.3) is 0 Å². The van der Waals surface area contributed by atoms with Crippen LogP contribution in [0.25, 0.3) is 0 Å². The lowest BCUT2D eigenvalue weighted by Crippen LogP contribution is -2.15. The number of hydrogen-bond acceptors (Lipinski definition) is 1. The molecule has 1 saturated carbocycles. The molecule has 0 spiro atoms. The molecule has 0 atom stereocenters. The lowest BCUT2D eigenvalue weighted by Gasteiger charge is -2.22. The molecule has 0 amide bonds. The maximum absolute atomic E-state index is 5.97. The zero-order valence-corrected chi connectivity index (χ0v) is 13.1. The van der Waals surface area contributed by atoms with Crippen molar-refractivity contribution < 1.29 is 4.74 Å². The molecule has 17 heavy (non-hydrogen) atoms. The van der Waals surface area contributed by atoms with E-state index in [1.165, 1.54) is 37.7 Å². The summed E-state index contributed by atoms with van der Waals surface area (Å²) in [5, 5.41) is 0.840. The van der Waals surface area contributed by atoms with E-state index in [0.717, 1.165) is 28.1 Å². The summed E-state index contributed by atoms with van der Waals surface area (Å²) in [4.78, 5) is 0. The minimum atomic E-state index is 0.760. The summed E-state index contributed by atoms with van der Waals surface area (Å²) >= 11 is 7.00. The normalized spacial score (nSPS) is 17.1. The minimum absolute atomic E-state index is 0.760. The van der Waals surface area contributed by atoms with Gasteiger partial charge in [-0.05, 0) is 37.0 Å². The number of ether oxygens (including phenoxy) is 1. The second-order valence-corrected chi connectivity index (χ2v) is 6.18. The van der Waals surface area contributed by atoms with Crippen molar-refractivity contribution in [3.05, 3.63) is 28.2 Å². The highest BCUT2D eigenvalue weighted by Crippen LogP contribution is 2.28. The van der Waals surface area contributed by atoms with Crippen LogP contribution in [0.1, 0.15) is 37.7 Å². The Morgan fingerprint density at radius 2 is 1.94 bits per heavy atom. The van der Waals surface area contributed by atoms with E-state index in [0.29, 0.717) is 0 Å². The van der Waals surface area contributed by atoms with Gasteiger partial charge in [-0.2, -0.15) is 0 Å². The van der Waals surface area contributed by atoms with Crippen molar-refractivity contribution in [2.45, 2.75) is 37.4 Å².